The number of hydrogen-bond donors (Lipinski definition) is 1. The number of hydrogen-bond acceptors (Lipinski definition) is 3. The van der Waals surface area contributed by atoms with Gasteiger partial charge in [0.15, 0.2) is 0 Å². The van der Waals surface area contributed by atoms with Crippen molar-refractivity contribution in [2.45, 2.75) is 32.7 Å². The van der Waals surface area contributed by atoms with Crippen molar-refractivity contribution in [3.05, 3.63) is 34.3 Å². The topological polar surface area (TPSA) is 57.6 Å². The van der Waals surface area contributed by atoms with Crippen LogP contribution in [-0.2, 0) is 16.1 Å². The third-order valence-electron chi connectivity index (χ3n) is 4.22. The Balaban J connectivity index is 2.06. The van der Waals surface area contributed by atoms with Gasteiger partial charge in [0.1, 0.15) is 5.78 Å². The standard InChI is InChI=1S/C17H22BrNO3/c1-12-9-14(5-6-16(12)21)17(22)19(7-8-20)11-13-3-2-4-15(18)10-13/h2-4,10,12,14,20H,5-9,11H2,1H3. The van der Waals surface area contributed by atoms with Gasteiger partial charge in [-0.25, -0.2) is 0 Å². The van der Waals surface area contributed by atoms with E-state index in [1.807, 2.05) is 31.2 Å². The van der Waals surface area contributed by atoms with Gasteiger partial charge in [0, 0.05) is 35.8 Å². The molecular weight excluding hydrogens is 346 g/mol. The van der Waals surface area contributed by atoms with Crippen LogP contribution in [0.1, 0.15) is 31.7 Å². The summed E-state index contributed by atoms with van der Waals surface area (Å²) >= 11 is 3.43. The van der Waals surface area contributed by atoms with E-state index in [9.17, 15) is 14.7 Å². The highest BCUT2D eigenvalue weighted by atomic mass is 79.9. The third-order valence-corrected chi connectivity index (χ3v) is 4.71. The first kappa shape index (κ1) is 17.2. The van der Waals surface area contributed by atoms with Gasteiger partial charge >= 0.3 is 0 Å². The summed E-state index contributed by atoms with van der Waals surface area (Å²) in [5.41, 5.74) is 1.02. The number of aliphatic hydroxyl groups is 1. The Kier molecular flexibility index (Phi) is 6.15. The molecule has 0 aliphatic heterocycles. The van der Waals surface area contributed by atoms with Gasteiger partial charge in [0.05, 0.1) is 6.61 Å². The SMILES string of the molecule is CC1CC(C(=O)N(CCO)Cc2cccc(Br)c2)CCC1=O. The predicted octanol–water partition coefficient (Wildman–Crippen LogP) is 2.78. The van der Waals surface area contributed by atoms with Crippen LogP contribution in [0.4, 0.5) is 0 Å². The Bertz CT molecular complexity index is 546. The molecule has 2 atom stereocenters. The highest BCUT2D eigenvalue weighted by Crippen LogP contribution is 2.28. The monoisotopic (exact) mass is 367 g/mol. The maximum atomic E-state index is 12.7. The van der Waals surface area contributed by atoms with Crippen molar-refractivity contribution in [2.24, 2.45) is 11.8 Å². The Morgan fingerprint density at radius 1 is 1.45 bits per heavy atom. The molecule has 2 unspecified atom stereocenters. The van der Waals surface area contributed by atoms with E-state index in [4.69, 9.17) is 0 Å². The second kappa shape index (κ2) is 7.88. The number of benzene rings is 1. The third kappa shape index (κ3) is 4.40. The van der Waals surface area contributed by atoms with E-state index in [-0.39, 0.29) is 30.1 Å². The molecule has 120 valence electrons. The van der Waals surface area contributed by atoms with Crippen molar-refractivity contribution in [1.29, 1.82) is 0 Å². The van der Waals surface area contributed by atoms with Crippen molar-refractivity contribution in [1.82, 2.24) is 4.90 Å². The van der Waals surface area contributed by atoms with E-state index in [0.717, 1.165) is 10.0 Å². The summed E-state index contributed by atoms with van der Waals surface area (Å²) in [4.78, 5) is 26.0. The zero-order valence-corrected chi connectivity index (χ0v) is 14.4. The molecule has 0 bridgehead atoms. The number of rotatable bonds is 5. The van der Waals surface area contributed by atoms with Gasteiger partial charge in [0.2, 0.25) is 5.91 Å². The van der Waals surface area contributed by atoms with E-state index < -0.39 is 0 Å². The average Bonchev–Trinajstić information content (AvgIpc) is 2.49. The summed E-state index contributed by atoms with van der Waals surface area (Å²) in [5, 5.41) is 9.25. The minimum Gasteiger partial charge on any atom is -0.395 e. The molecule has 0 radical (unpaired) electrons. The summed E-state index contributed by atoms with van der Waals surface area (Å²) in [6.07, 6.45) is 1.74. The molecule has 2 rings (SSSR count). The summed E-state index contributed by atoms with van der Waals surface area (Å²) in [6.45, 7) is 2.65. The van der Waals surface area contributed by atoms with Crippen LogP contribution in [-0.4, -0.2) is 34.8 Å². The number of aliphatic hydroxyl groups excluding tert-OH is 1. The van der Waals surface area contributed by atoms with Gasteiger partial charge in [-0.2, -0.15) is 0 Å². The van der Waals surface area contributed by atoms with Gasteiger partial charge in [-0.15, -0.1) is 0 Å². The maximum absolute atomic E-state index is 12.7. The van der Waals surface area contributed by atoms with Crippen molar-refractivity contribution in [3.8, 4) is 0 Å². The summed E-state index contributed by atoms with van der Waals surface area (Å²) in [5.74, 6) is 0.161. The van der Waals surface area contributed by atoms with Gasteiger partial charge < -0.3 is 10.0 Å². The summed E-state index contributed by atoms with van der Waals surface area (Å²) in [7, 11) is 0. The van der Waals surface area contributed by atoms with Gasteiger partial charge in [-0.05, 0) is 30.5 Å². The number of ketones is 1. The minimum absolute atomic E-state index is 0.0375. The fourth-order valence-electron chi connectivity index (χ4n) is 2.97. The Morgan fingerprint density at radius 2 is 2.23 bits per heavy atom. The van der Waals surface area contributed by atoms with Crippen LogP contribution in [0.2, 0.25) is 0 Å². The lowest BCUT2D eigenvalue weighted by molar-refractivity contribution is -0.140. The molecule has 1 aliphatic carbocycles. The normalized spacial score (nSPS) is 21.7. The highest BCUT2D eigenvalue weighted by molar-refractivity contribution is 9.10. The fraction of sp³-hybridized carbons (Fsp3) is 0.529. The molecule has 1 aromatic carbocycles. The van der Waals surface area contributed by atoms with Crippen molar-refractivity contribution < 1.29 is 14.7 Å². The molecule has 0 heterocycles. The smallest absolute Gasteiger partial charge is 0.226 e. The first-order valence-electron chi connectivity index (χ1n) is 7.68. The summed E-state index contributed by atoms with van der Waals surface area (Å²) < 4.78 is 0.971. The molecule has 1 amide bonds. The lowest BCUT2D eigenvalue weighted by atomic mass is 9.81. The lowest BCUT2D eigenvalue weighted by Crippen LogP contribution is -2.40. The predicted molar refractivity (Wildman–Crippen MR) is 88.2 cm³/mol. The highest BCUT2D eigenvalue weighted by Gasteiger charge is 2.32. The van der Waals surface area contributed by atoms with Crippen LogP contribution in [0.15, 0.2) is 28.7 Å². The molecule has 1 N–H and O–H groups in total. The first-order valence-corrected chi connectivity index (χ1v) is 8.47. The largest absolute Gasteiger partial charge is 0.395 e. The maximum Gasteiger partial charge on any atom is 0.226 e. The minimum atomic E-state index is -0.105. The molecule has 22 heavy (non-hydrogen) atoms. The molecule has 1 saturated carbocycles. The first-order chi connectivity index (χ1) is 10.5. The van der Waals surface area contributed by atoms with E-state index in [2.05, 4.69) is 15.9 Å². The van der Waals surface area contributed by atoms with Crippen molar-refractivity contribution in [2.75, 3.05) is 13.2 Å². The number of nitrogens with zero attached hydrogens (tertiary/aromatic N) is 1. The Hall–Kier alpha value is -1.20. The molecule has 5 heteroatoms. The zero-order valence-electron chi connectivity index (χ0n) is 12.8. The van der Waals surface area contributed by atoms with Gasteiger partial charge in [0.25, 0.3) is 0 Å². The Morgan fingerprint density at radius 3 is 2.86 bits per heavy atom. The van der Waals surface area contributed by atoms with Gasteiger partial charge in [-0.3, -0.25) is 9.59 Å². The number of Topliss-reactive ketones (excluding diaryl/α,β-unsaturated/α-hetero) is 1. The molecule has 0 spiro atoms. The number of carbonyl (C=O) groups excluding carboxylic acids is 2. The van der Waals surface area contributed by atoms with Gasteiger partial charge in [-0.1, -0.05) is 35.0 Å². The van der Waals surface area contributed by atoms with Crippen LogP contribution in [0.5, 0.6) is 0 Å². The quantitative estimate of drug-likeness (QED) is 0.870. The van der Waals surface area contributed by atoms with Crippen LogP contribution in [0, 0.1) is 11.8 Å². The van der Waals surface area contributed by atoms with E-state index >= 15 is 0 Å². The number of carbonyl (C=O) groups is 2. The van der Waals surface area contributed by atoms with E-state index in [0.29, 0.717) is 32.4 Å². The second-order valence-corrected chi connectivity index (χ2v) is 6.87. The molecule has 4 nitrogen and oxygen atoms in total. The van der Waals surface area contributed by atoms with Crippen molar-refractivity contribution in [3.63, 3.8) is 0 Å². The van der Waals surface area contributed by atoms with Crippen molar-refractivity contribution >= 4 is 27.6 Å². The summed E-state index contributed by atoms with van der Waals surface area (Å²) in [6, 6.07) is 7.82. The van der Waals surface area contributed by atoms with Crippen LogP contribution in [0.25, 0.3) is 0 Å². The van der Waals surface area contributed by atoms with E-state index in [1.54, 1.807) is 4.90 Å². The average molecular weight is 368 g/mol. The fourth-order valence-corrected chi connectivity index (χ4v) is 3.41. The molecule has 1 aliphatic rings. The van der Waals surface area contributed by atoms with Crippen LogP contribution >= 0.6 is 15.9 Å². The van der Waals surface area contributed by atoms with E-state index in [1.165, 1.54) is 0 Å². The number of amides is 1. The Labute approximate surface area is 139 Å². The molecule has 0 aromatic heterocycles. The molecule has 1 fully saturated rings. The van der Waals surface area contributed by atoms with Crippen LogP contribution < -0.4 is 0 Å². The molecule has 0 saturated heterocycles. The molecule has 1 aromatic rings. The zero-order chi connectivity index (χ0) is 16.1. The lowest BCUT2D eigenvalue weighted by Gasteiger charge is -2.31. The number of halogens is 1. The second-order valence-electron chi connectivity index (χ2n) is 5.95. The van der Waals surface area contributed by atoms with Crippen LogP contribution in [0.3, 0.4) is 0 Å². The molecular formula is C17H22BrNO3.